The third-order valence-electron chi connectivity index (χ3n) is 3.04. The van der Waals surface area contributed by atoms with Crippen LogP contribution in [0.1, 0.15) is 62.2 Å². The molecule has 0 amide bonds. The van der Waals surface area contributed by atoms with Crippen molar-refractivity contribution < 1.29 is 14.6 Å². The van der Waals surface area contributed by atoms with E-state index in [1.807, 2.05) is 20.8 Å². The number of ether oxygens (including phenoxy) is 1. The quantitative estimate of drug-likeness (QED) is 0.821. The normalized spacial score (nSPS) is 12.2. The molecule has 0 saturated carbocycles. The number of aryl methyl sites for hydroxylation is 1. The highest BCUT2D eigenvalue weighted by atomic mass is 16.5. The summed E-state index contributed by atoms with van der Waals surface area (Å²) in [5.74, 6) is -0.859. The van der Waals surface area contributed by atoms with Gasteiger partial charge in [0.2, 0.25) is 5.88 Å². The first-order chi connectivity index (χ1) is 9.04. The van der Waals surface area contributed by atoms with Crippen molar-refractivity contribution in [1.29, 1.82) is 0 Å². The van der Waals surface area contributed by atoms with E-state index in [-0.39, 0.29) is 17.5 Å². The predicted molar refractivity (Wildman–Crippen MR) is 72.7 cm³/mol. The lowest BCUT2D eigenvalue weighted by atomic mass is 10.0. The first-order valence-corrected chi connectivity index (χ1v) is 6.83. The minimum Gasteiger partial charge on any atom is -0.477 e. The van der Waals surface area contributed by atoms with Gasteiger partial charge in [0.1, 0.15) is 5.56 Å². The maximum Gasteiger partial charge on any atom is 0.341 e. The van der Waals surface area contributed by atoms with Gasteiger partial charge in [0, 0.05) is 0 Å². The molecule has 0 fully saturated rings. The summed E-state index contributed by atoms with van der Waals surface area (Å²) < 4.78 is 5.63. The van der Waals surface area contributed by atoms with Crippen molar-refractivity contribution in [3.8, 4) is 5.88 Å². The van der Waals surface area contributed by atoms with Gasteiger partial charge in [-0.05, 0) is 31.7 Å². The molecule has 1 aromatic rings. The molecule has 0 bridgehead atoms. The molecule has 0 saturated heterocycles. The summed E-state index contributed by atoms with van der Waals surface area (Å²) in [5.41, 5.74) is 1.62. The van der Waals surface area contributed by atoms with Crippen LogP contribution in [0, 0.1) is 0 Å². The number of hydrogen-bond donors (Lipinski definition) is 1. The fourth-order valence-corrected chi connectivity index (χ4v) is 2.11. The van der Waals surface area contributed by atoms with E-state index in [9.17, 15) is 9.90 Å². The van der Waals surface area contributed by atoms with Crippen LogP contribution in [0.3, 0.4) is 0 Å². The molecule has 0 aliphatic carbocycles. The van der Waals surface area contributed by atoms with Crippen LogP contribution in [-0.4, -0.2) is 27.4 Å². The van der Waals surface area contributed by atoms with Crippen LogP contribution in [0.5, 0.6) is 5.88 Å². The zero-order valence-corrected chi connectivity index (χ0v) is 12.1. The van der Waals surface area contributed by atoms with Gasteiger partial charge in [0.15, 0.2) is 0 Å². The molecule has 1 heterocycles. The summed E-state index contributed by atoms with van der Waals surface area (Å²) in [7, 11) is 0. The summed E-state index contributed by atoms with van der Waals surface area (Å²) in [4.78, 5) is 11.5. The van der Waals surface area contributed by atoms with Crippen molar-refractivity contribution in [2.75, 3.05) is 0 Å². The largest absolute Gasteiger partial charge is 0.477 e. The topological polar surface area (TPSA) is 72.3 Å². The monoisotopic (exact) mass is 266 g/mol. The fraction of sp³-hybridized carbons (Fsp3) is 0.643. The van der Waals surface area contributed by atoms with E-state index in [0.717, 1.165) is 24.1 Å². The second-order valence-electron chi connectivity index (χ2n) is 4.53. The molecule has 0 aliphatic heterocycles. The van der Waals surface area contributed by atoms with Crippen molar-refractivity contribution in [3.05, 3.63) is 16.8 Å². The Morgan fingerprint density at radius 1 is 1.26 bits per heavy atom. The maximum atomic E-state index is 11.5. The van der Waals surface area contributed by atoms with Gasteiger partial charge in [-0.3, -0.25) is 0 Å². The number of rotatable bonds is 7. The lowest BCUT2D eigenvalue weighted by Crippen LogP contribution is -2.18. The Hall–Kier alpha value is -1.65. The first-order valence-electron chi connectivity index (χ1n) is 6.83. The first kappa shape index (κ1) is 15.4. The number of carbonyl (C=O) groups is 1. The lowest BCUT2D eigenvalue weighted by Gasteiger charge is -2.16. The number of carboxylic acid groups (broad SMARTS) is 1. The average Bonchev–Trinajstić information content (AvgIpc) is 2.37. The van der Waals surface area contributed by atoms with Crippen molar-refractivity contribution >= 4 is 5.97 Å². The Labute approximate surface area is 114 Å². The highest BCUT2D eigenvalue weighted by Gasteiger charge is 2.22. The Bertz CT molecular complexity index is 447. The van der Waals surface area contributed by atoms with Gasteiger partial charge >= 0.3 is 5.97 Å². The Morgan fingerprint density at radius 2 is 1.95 bits per heavy atom. The second-order valence-corrected chi connectivity index (χ2v) is 4.53. The molecule has 0 aromatic carbocycles. The minimum atomic E-state index is -1.000. The van der Waals surface area contributed by atoms with Gasteiger partial charge in [-0.2, -0.15) is 5.10 Å². The molecule has 5 nitrogen and oxygen atoms in total. The van der Waals surface area contributed by atoms with Crippen LogP contribution in [-0.2, 0) is 12.8 Å². The smallest absolute Gasteiger partial charge is 0.341 e. The standard InChI is InChI=1S/C14H22N2O3/c1-5-8-9(4)19-13-12(14(17)18)10(6-2)11(7-3)15-16-13/h9H,5-8H2,1-4H3,(H,17,18). The van der Waals surface area contributed by atoms with E-state index >= 15 is 0 Å². The van der Waals surface area contributed by atoms with Crippen molar-refractivity contribution in [1.82, 2.24) is 10.2 Å². The number of carboxylic acids is 1. The molecule has 5 heteroatoms. The Kier molecular flexibility index (Phi) is 5.73. The van der Waals surface area contributed by atoms with Crippen LogP contribution < -0.4 is 4.74 Å². The van der Waals surface area contributed by atoms with E-state index in [1.165, 1.54) is 0 Å². The van der Waals surface area contributed by atoms with Gasteiger partial charge in [0.05, 0.1) is 11.8 Å². The Balaban J connectivity index is 3.20. The maximum absolute atomic E-state index is 11.5. The van der Waals surface area contributed by atoms with E-state index in [2.05, 4.69) is 17.1 Å². The average molecular weight is 266 g/mol. The van der Waals surface area contributed by atoms with Gasteiger partial charge in [-0.15, -0.1) is 5.10 Å². The number of aromatic nitrogens is 2. The van der Waals surface area contributed by atoms with Crippen LogP contribution >= 0.6 is 0 Å². The highest BCUT2D eigenvalue weighted by molar-refractivity contribution is 5.92. The zero-order valence-electron chi connectivity index (χ0n) is 12.1. The van der Waals surface area contributed by atoms with E-state index in [1.54, 1.807) is 0 Å². The second kappa shape index (κ2) is 7.07. The fourth-order valence-electron chi connectivity index (χ4n) is 2.11. The summed E-state index contributed by atoms with van der Waals surface area (Å²) in [6, 6.07) is 0. The van der Waals surface area contributed by atoms with Gasteiger partial charge in [-0.25, -0.2) is 4.79 Å². The molecule has 0 radical (unpaired) electrons. The highest BCUT2D eigenvalue weighted by Crippen LogP contribution is 2.24. The summed E-state index contributed by atoms with van der Waals surface area (Å²) in [6.45, 7) is 7.83. The van der Waals surface area contributed by atoms with Crippen molar-refractivity contribution in [2.24, 2.45) is 0 Å². The molecule has 1 aromatic heterocycles. The lowest BCUT2D eigenvalue weighted by molar-refractivity contribution is 0.0685. The molecular formula is C14H22N2O3. The number of aromatic carboxylic acids is 1. The van der Waals surface area contributed by atoms with Gasteiger partial charge < -0.3 is 9.84 Å². The van der Waals surface area contributed by atoms with Crippen molar-refractivity contribution in [3.63, 3.8) is 0 Å². The third-order valence-corrected chi connectivity index (χ3v) is 3.04. The molecule has 1 atom stereocenters. The van der Waals surface area contributed by atoms with Gasteiger partial charge in [-0.1, -0.05) is 27.2 Å². The van der Waals surface area contributed by atoms with E-state index in [0.29, 0.717) is 12.8 Å². The Morgan fingerprint density at radius 3 is 2.42 bits per heavy atom. The van der Waals surface area contributed by atoms with E-state index in [4.69, 9.17) is 4.74 Å². The molecule has 0 aliphatic rings. The molecule has 0 spiro atoms. The molecule has 19 heavy (non-hydrogen) atoms. The number of hydrogen-bond acceptors (Lipinski definition) is 4. The summed E-state index contributed by atoms with van der Waals surface area (Å²) >= 11 is 0. The van der Waals surface area contributed by atoms with Gasteiger partial charge in [0.25, 0.3) is 0 Å². The predicted octanol–water partition coefficient (Wildman–Crippen LogP) is 2.87. The van der Waals surface area contributed by atoms with Crippen LogP contribution in [0.4, 0.5) is 0 Å². The zero-order chi connectivity index (χ0) is 14.4. The SMILES string of the molecule is CCCC(C)Oc1nnc(CC)c(CC)c1C(=O)O. The van der Waals surface area contributed by atoms with Crippen molar-refractivity contribution in [2.45, 2.75) is 59.5 Å². The minimum absolute atomic E-state index is 0.0606. The van der Waals surface area contributed by atoms with Crippen LogP contribution in [0.25, 0.3) is 0 Å². The molecular weight excluding hydrogens is 244 g/mol. The molecule has 1 N–H and O–H groups in total. The third kappa shape index (κ3) is 3.66. The summed E-state index contributed by atoms with van der Waals surface area (Å²) in [6.07, 6.45) is 3.05. The molecule has 1 unspecified atom stereocenters. The molecule has 1 rings (SSSR count). The molecule has 106 valence electrons. The van der Waals surface area contributed by atoms with Crippen LogP contribution in [0.15, 0.2) is 0 Å². The summed E-state index contributed by atoms with van der Waals surface area (Å²) in [5, 5.41) is 17.4. The van der Waals surface area contributed by atoms with Crippen LogP contribution in [0.2, 0.25) is 0 Å². The number of nitrogens with zero attached hydrogens (tertiary/aromatic N) is 2. The van der Waals surface area contributed by atoms with E-state index < -0.39 is 5.97 Å².